The SMILES string of the molecule is Cc1cc(C(=O)NC2(C(=O)O)CCSC2)ccc1Br. The number of hydrogen-bond acceptors (Lipinski definition) is 3. The molecule has 1 unspecified atom stereocenters. The van der Waals surface area contributed by atoms with Gasteiger partial charge in [0.15, 0.2) is 0 Å². The van der Waals surface area contributed by atoms with Crippen LogP contribution in [0.1, 0.15) is 22.3 Å². The van der Waals surface area contributed by atoms with Crippen LogP contribution in [0.3, 0.4) is 0 Å². The van der Waals surface area contributed by atoms with E-state index in [0.29, 0.717) is 17.7 Å². The topological polar surface area (TPSA) is 66.4 Å². The third-order valence-corrected chi connectivity index (χ3v) is 5.28. The summed E-state index contributed by atoms with van der Waals surface area (Å²) in [6, 6.07) is 5.22. The van der Waals surface area contributed by atoms with Crippen LogP contribution in [0.25, 0.3) is 0 Å². The highest BCUT2D eigenvalue weighted by Gasteiger charge is 2.43. The lowest BCUT2D eigenvalue weighted by atomic mass is 9.98. The zero-order valence-corrected chi connectivity index (χ0v) is 12.8. The summed E-state index contributed by atoms with van der Waals surface area (Å²) in [4.78, 5) is 23.6. The van der Waals surface area contributed by atoms with Crippen LogP contribution in [0.15, 0.2) is 22.7 Å². The molecule has 1 aromatic rings. The van der Waals surface area contributed by atoms with Gasteiger partial charge in [-0.2, -0.15) is 11.8 Å². The van der Waals surface area contributed by atoms with Gasteiger partial charge in [0.1, 0.15) is 5.54 Å². The van der Waals surface area contributed by atoms with Gasteiger partial charge in [-0.3, -0.25) is 4.79 Å². The number of carboxylic acid groups (broad SMARTS) is 1. The second kappa shape index (κ2) is 5.54. The molecule has 102 valence electrons. The number of carbonyl (C=O) groups excluding carboxylic acids is 1. The number of halogens is 1. The molecule has 1 amide bonds. The van der Waals surface area contributed by atoms with Crippen LogP contribution >= 0.6 is 27.7 Å². The van der Waals surface area contributed by atoms with Crippen LogP contribution in [-0.2, 0) is 4.79 Å². The Hall–Kier alpha value is -1.01. The largest absolute Gasteiger partial charge is 0.479 e. The Bertz CT molecular complexity index is 527. The molecule has 19 heavy (non-hydrogen) atoms. The second-order valence-corrected chi connectivity index (χ2v) is 6.57. The first-order chi connectivity index (χ1) is 8.94. The molecular weight excluding hydrogens is 330 g/mol. The van der Waals surface area contributed by atoms with Crippen molar-refractivity contribution >= 4 is 39.6 Å². The lowest BCUT2D eigenvalue weighted by molar-refractivity contribution is -0.143. The van der Waals surface area contributed by atoms with E-state index in [1.165, 1.54) is 0 Å². The Morgan fingerprint density at radius 2 is 2.21 bits per heavy atom. The van der Waals surface area contributed by atoms with Gasteiger partial charge in [-0.15, -0.1) is 0 Å². The maximum atomic E-state index is 12.2. The number of rotatable bonds is 3. The fraction of sp³-hybridized carbons (Fsp3) is 0.385. The monoisotopic (exact) mass is 343 g/mol. The quantitative estimate of drug-likeness (QED) is 0.884. The minimum Gasteiger partial charge on any atom is -0.479 e. The maximum Gasteiger partial charge on any atom is 0.330 e. The number of amides is 1. The molecule has 1 aromatic carbocycles. The van der Waals surface area contributed by atoms with Gasteiger partial charge in [0.25, 0.3) is 5.91 Å². The average molecular weight is 344 g/mol. The Labute approximate surface area is 124 Å². The molecule has 1 fully saturated rings. The van der Waals surface area contributed by atoms with Gasteiger partial charge < -0.3 is 10.4 Å². The van der Waals surface area contributed by atoms with Crippen LogP contribution < -0.4 is 5.32 Å². The Morgan fingerprint density at radius 1 is 1.47 bits per heavy atom. The summed E-state index contributed by atoms with van der Waals surface area (Å²) in [5.74, 6) is -0.115. The third kappa shape index (κ3) is 2.95. The van der Waals surface area contributed by atoms with Crippen molar-refractivity contribution in [2.75, 3.05) is 11.5 Å². The van der Waals surface area contributed by atoms with Crippen molar-refractivity contribution in [2.45, 2.75) is 18.9 Å². The fourth-order valence-corrected chi connectivity index (χ4v) is 3.53. The molecule has 0 bridgehead atoms. The summed E-state index contributed by atoms with van der Waals surface area (Å²) in [7, 11) is 0. The second-order valence-electron chi connectivity index (χ2n) is 4.61. The number of hydrogen-bond donors (Lipinski definition) is 2. The summed E-state index contributed by atoms with van der Waals surface area (Å²) >= 11 is 4.92. The number of nitrogens with one attached hydrogen (secondary N) is 1. The number of carboxylic acids is 1. The highest BCUT2D eigenvalue weighted by molar-refractivity contribution is 9.10. The van der Waals surface area contributed by atoms with E-state index in [9.17, 15) is 14.7 Å². The molecule has 1 heterocycles. The van der Waals surface area contributed by atoms with Crippen LogP contribution in [0.4, 0.5) is 0 Å². The van der Waals surface area contributed by atoms with Crippen molar-refractivity contribution in [3.8, 4) is 0 Å². The summed E-state index contributed by atoms with van der Waals surface area (Å²) in [6.07, 6.45) is 0.467. The van der Waals surface area contributed by atoms with E-state index in [-0.39, 0.29) is 5.91 Å². The molecule has 0 aliphatic carbocycles. The van der Waals surface area contributed by atoms with E-state index < -0.39 is 11.5 Å². The third-order valence-electron chi connectivity index (χ3n) is 3.20. The van der Waals surface area contributed by atoms with Gasteiger partial charge in [-0.05, 0) is 42.9 Å². The van der Waals surface area contributed by atoms with E-state index in [1.54, 1.807) is 30.0 Å². The Kier molecular flexibility index (Phi) is 4.20. The van der Waals surface area contributed by atoms with Gasteiger partial charge in [0.05, 0.1) is 0 Å². The molecule has 2 rings (SSSR count). The Morgan fingerprint density at radius 3 is 2.74 bits per heavy atom. The van der Waals surface area contributed by atoms with Gasteiger partial charge in [0, 0.05) is 15.8 Å². The predicted molar refractivity (Wildman–Crippen MR) is 78.7 cm³/mol. The lowest BCUT2D eigenvalue weighted by Gasteiger charge is -2.24. The zero-order valence-electron chi connectivity index (χ0n) is 10.4. The van der Waals surface area contributed by atoms with E-state index in [4.69, 9.17) is 0 Å². The van der Waals surface area contributed by atoms with E-state index >= 15 is 0 Å². The maximum absolute atomic E-state index is 12.2. The summed E-state index contributed by atoms with van der Waals surface area (Å²) in [5, 5.41) is 12.0. The van der Waals surface area contributed by atoms with Crippen molar-refractivity contribution in [3.05, 3.63) is 33.8 Å². The fourth-order valence-electron chi connectivity index (χ4n) is 1.96. The molecule has 2 N–H and O–H groups in total. The van der Waals surface area contributed by atoms with Gasteiger partial charge in [-0.1, -0.05) is 15.9 Å². The molecule has 6 heteroatoms. The molecule has 0 spiro atoms. The smallest absolute Gasteiger partial charge is 0.330 e. The summed E-state index contributed by atoms with van der Waals surface area (Å²) in [5.41, 5.74) is 0.305. The number of carbonyl (C=O) groups is 2. The summed E-state index contributed by atoms with van der Waals surface area (Å²) in [6.45, 7) is 1.89. The molecule has 1 atom stereocenters. The lowest BCUT2D eigenvalue weighted by Crippen LogP contribution is -2.54. The van der Waals surface area contributed by atoms with Crippen LogP contribution in [0.5, 0.6) is 0 Å². The molecule has 4 nitrogen and oxygen atoms in total. The number of benzene rings is 1. The summed E-state index contributed by atoms with van der Waals surface area (Å²) < 4.78 is 0.924. The van der Waals surface area contributed by atoms with Crippen molar-refractivity contribution in [1.29, 1.82) is 0 Å². The number of thioether (sulfide) groups is 1. The molecule has 0 saturated carbocycles. The predicted octanol–water partition coefficient (Wildman–Crippen LogP) is 2.45. The van der Waals surface area contributed by atoms with Gasteiger partial charge >= 0.3 is 5.97 Å². The van der Waals surface area contributed by atoms with E-state index in [0.717, 1.165) is 15.8 Å². The minimum absolute atomic E-state index is 0.333. The van der Waals surface area contributed by atoms with Crippen molar-refractivity contribution in [2.24, 2.45) is 0 Å². The first-order valence-corrected chi connectivity index (χ1v) is 7.79. The first kappa shape index (κ1) is 14.4. The standard InChI is InChI=1S/C13H14BrNO3S/c1-8-6-9(2-3-10(8)14)11(16)15-13(12(17)18)4-5-19-7-13/h2-3,6H,4-5,7H2,1H3,(H,15,16)(H,17,18). The molecule has 0 radical (unpaired) electrons. The van der Waals surface area contributed by atoms with Crippen LogP contribution in [0.2, 0.25) is 0 Å². The van der Waals surface area contributed by atoms with Gasteiger partial charge in [0.2, 0.25) is 0 Å². The van der Waals surface area contributed by atoms with Crippen LogP contribution in [0, 0.1) is 6.92 Å². The zero-order chi connectivity index (χ0) is 14.0. The molecule has 1 aliphatic heterocycles. The van der Waals surface area contributed by atoms with Crippen LogP contribution in [-0.4, -0.2) is 34.0 Å². The molecule has 0 aromatic heterocycles. The normalized spacial score (nSPS) is 22.2. The molecule has 1 saturated heterocycles. The number of aryl methyl sites for hydroxylation is 1. The van der Waals surface area contributed by atoms with Crippen molar-refractivity contribution in [1.82, 2.24) is 5.32 Å². The average Bonchev–Trinajstić information content (AvgIpc) is 2.82. The highest BCUT2D eigenvalue weighted by atomic mass is 79.9. The van der Waals surface area contributed by atoms with Gasteiger partial charge in [-0.25, -0.2) is 4.79 Å². The first-order valence-electron chi connectivity index (χ1n) is 5.84. The van der Waals surface area contributed by atoms with Crippen molar-refractivity contribution < 1.29 is 14.7 Å². The van der Waals surface area contributed by atoms with E-state index in [1.807, 2.05) is 6.92 Å². The Balaban J connectivity index is 2.20. The van der Waals surface area contributed by atoms with Crippen molar-refractivity contribution in [3.63, 3.8) is 0 Å². The minimum atomic E-state index is -1.12. The van der Waals surface area contributed by atoms with E-state index in [2.05, 4.69) is 21.2 Å². The number of aliphatic carboxylic acids is 1. The molecular formula is C13H14BrNO3S. The highest BCUT2D eigenvalue weighted by Crippen LogP contribution is 2.29. The molecule has 1 aliphatic rings.